The number of nitrogens with zero attached hydrogens (tertiary/aromatic N) is 3. The van der Waals surface area contributed by atoms with Crippen LogP contribution in [0.25, 0.3) is 22.6 Å². The van der Waals surface area contributed by atoms with Gasteiger partial charge in [0.1, 0.15) is 5.69 Å². The van der Waals surface area contributed by atoms with E-state index < -0.39 is 5.60 Å². The molecule has 7 heteroatoms. The predicted molar refractivity (Wildman–Crippen MR) is 97.7 cm³/mol. The van der Waals surface area contributed by atoms with Crippen LogP contribution in [-0.2, 0) is 6.61 Å². The first kappa shape index (κ1) is 17.3. The number of aliphatic hydroxyl groups excluding tert-OH is 1. The highest BCUT2D eigenvalue weighted by molar-refractivity contribution is 6.33. The van der Waals surface area contributed by atoms with Crippen molar-refractivity contribution in [1.82, 2.24) is 14.9 Å². The summed E-state index contributed by atoms with van der Waals surface area (Å²) in [5.74, 6) is 0.497. The van der Waals surface area contributed by atoms with Gasteiger partial charge in [0.05, 0.1) is 40.6 Å². The standard InChI is InChI=1S/C19H20ClN3O3/c1-11-14(9-21-23(11)12-7-19(2,25)8-12)18-15(10-24)17(22-26-18)13-5-3-4-6-16(13)20/h3-6,9,12,24-25H,7-8,10H2,1-2H3. The molecule has 26 heavy (non-hydrogen) atoms. The molecule has 1 aromatic carbocycles. The third kappa shape index (κ3) is 2.74. The van der Waals surface area contributed by atoms with Gasteiger partial charge in [0, 0.05) is 11.3 Å². The van der Waals surface area contributed by atoms with Gasteiger partial charge in [-0.05, 0) is 32.8 Å². The third-order valence-electron chi connectivity index (χ3n) is 5.06. The second kappa shape index (κ2) is 6.23. The van der Waals surface area contributed by atoms with Crippen LogP contribution in [0.2, 0.25) is 5.02 Å². The van der Waals surface area contributed by atoms with Crippen LogP contribution in [-0.4, -0.2) is 30.8 Å². The fraction of sp³-hybridized carbons (Fsp3) is 0.368. The molecule has 0 amide bonds. The van der Waals surface area contributed by atoms with Gasteiger partial charge in [-0.25, -0.2) is 0 Å². The Morgan fingerprint density at radius 1 is 1.31 bits per heavy atom. The SMILES string of the molecule is Cc1c(-c2onc(-c3ccccc3Cl)c2CO)cnn1C1CC(C)(O)C1. The van der Waals surface area contributed by atoms with Crippen LogP contribution in [0.3, 0.4) is 0 Å². The Hall–Kier alpha value is -2.15. The normalized spacial score (nSPS) is 22.4. The molecule has 1 aliphatic carbocycles. The second-order valence-electron chi connectivity index (χ2n) is 7.12. The Bertz CT molecular complexity index is 953. The minimum atomic E-state index is -0.622. The quantitative estimate of drug-likeness (QED) is 0.727. The second-order valence-corrected chi connectivity index (χ2v) is 7.53. The Balaban J connectivity index is 1.74. The van der Waals surface area contributed by atoms with Crippen LogP contribution in [0.5, 0.6) is 0 Å². The third-order valence-corrected chi connectivity index (χ3v) is 5.39. The van der Waals surface area contributed by atoms with Crippen molar-refractivity contribution in [3.63, 3.8) is 0 Å². The van der Waals surface area contributed by atoms with Gasteiger partial charge in [-0.3, -0.25) is 4.68 Å². The van der Waals surface area contributed by atoms with E-state index in [9.17, 15) is 10.2 Å². The van der Waals surface area contributed by atoms with E-state index in [1.165, 1.54) is 0 Å². The molecular weight excluding hydrogens is 354 g/mol. The molecule has 0 bridgehead atoms. The van der Waals surface area contributed by atoms with Crippen molar-refractivity contribution in [2.24, 2.45) is 0 Å². The van der Waals surface area contributed by atoms with Gasteiger partial charge in [0.15, 0.2) is 5.76 Å². The molecule has 6 nitrogen and oxygen atoms in total. The molecule has 1 aliphatic rings. The van der Waals surface area contributed by atoms with Gasteiger partial charge in [-0.2, -0.15) is 5.10 Å². The molecule has 0 saturated heterocycles. The Labute approximate surface area is 156 Å². The molecule has 2 heterocycles. The molecule has 0 radical (unpaired) electrons. The lowest BCUT2D eigenvalue weighted by Crippen LogP contribution is -2.42. The van der Waals surface area contributed by atoms with E-state index in [4.69, 9.17) is 16.1 Å². The number of hydrogen-bond donors (Lipinski definition) is 2. The number of aliphatic hydroxyl groups is 2. The molecule has 0 spiro atoms. The van der Waals surface area contributed by atoms with Crippen molar-refractivity contribution >= 4 is 11.6 Å². The number of aromatic nitrogens is 3. The zero-order valence-electron chi connectivity index (χ0n) is 14.6. The molecule has 2 N–H and O–H groups in total. The summed E-state index contributed by atoms with van der Waals surface area (Å²) in [6.07, 6.45) is 3.06. The first-order chi connectivity index (χ1) is 12.4. The van der Waals surface area contributed by atoms with Crippen molar-refractivity contribution in [3.05, 3.63) is 46.7 Å². The predicted octanol–water partition coefficient (Wildman–Crippen LogP) is 3.75. The van der Waals surface area contributed by atoms with Gasteiger partial charge in [0.2, 0.25) is 0 Å². The van der Waals surface area contributed by atoms with E-state index in [1.54, 1.807) is 12.3 Å². The monoisotopic (exact) mass is 373 g/mol. The van der Waals surface area contributed by atoms with E-state index in [2.05, 4.69) is 10.3 Å². The summed E-state index contributed by atoms with van der Waals surface area (Å²) in [6.45, 7) is 3.57. The lowest BCUT2D eigenvalue weighted by molar-refractivity contribution is -0.0548. The summed E-state index contributed by atoms with van der Waals surface area (Å²) >= 11 is 6.27. The van der Waals surface area contributed by atoms with Crippen molar-refractivity contribution in [2.45, 2.75) is 44.9 Å². The largest absolute Gasteiger partial charge is 0.391 e. The topological polar surface area (TPSA) is 84.3 Å². The highest BCUT2D eigenvalue weighted by Crippen LogP contribution is 2.43. The average molecular weight is 374 g/mol. The molecule has 3 aromatic rings. The van der Waals surface area contributed by atoms with Gasteiger partial charge in [-0.1, -0.05) is 35.0 Å². The lowest BCUT2D eigenvalue weighted by atomic mass is 9.77. The van der Waals surface area contributed by atoms with Gasteiger partial charge < -0.3 is 14.7 Å². The minimum absolute atomic E-state index is 0.169. The van der Waals surface area contributed by atoms with E-state index in [0.717, 1.165) is 11.3 Å². The zero-order chi connectivity index (χ0) is 18.5. The average Bonchev–Trinajstić information content (AvgIpc) is 3.16. The van der Waals surface area contributed by atoms with Gasteiger partial charge in [0.25, 0.3) is 0 Å². The molecule has 0 aliphatic heterocycles. The molecule has 136 valence electrons. The van der Waals surface area contributed by atoms with Gasteiger partial charge in [-0.15, -0.1) is 0 Å². The summed E-state index contributed by atoms with van der Waals surface area (Å²) in [5, 5.41) is 29.1. The molecule has 0 unspecified atom stereocenters. The number of halogens is 1. The zero-order valence-corrected chi connectivity index (χ0v) is 15.4. The maximum absolute atomic E-state index is 9.98. The summed E-state index contributed by atoms with van der Waals surface area (Å²) in [7, 11) is 0. The lowest BCUT2D eigenvalue weighted by Gasteiger charge is -2.41. The number of hydrogen-bond acceptors (Lipinski definition) is 5. The van der Waals surface area contributed by atoms with Crippen LogP contribution in [0, 0.1) is 6.92 Å². The Kier molecular flexibility index (Phi) is 4.14. The maximum Gasteiger partial charge on any atom is 0.176 e. The fourth-order valence-corrected chi connectivity index (χ4v) is 3.90. The molecular formula is C19H20ClN3O3. The highest BCUT2D eigenvalue weighted by Gasteiger charge is 2.40. The smallest absolute Gasteiger partial charge is 0.176 e. The Morgan fingerprint density at radius 3 is 2.69 bits per heavy atom. The molecule has 1 fully saturated rings. The molecule has 0 atom stereocenters. The van der Waals surface area contributed by atoms with E-state index in [1.807, 2.05) is 36.7 Å². The van der Waals surface area contributed by atoms with Crippen molar-refractivity contribution in [3.8, 4) is 22.6 Å². The van der Waals surface area contributed by atoms with Crippen molar-refractivity contribution in [1.29, 1.82) is 0 Å². The first-order valence-electron chi connectivity index (χ1n) is 8.52. The van der Waals surface area contributed by atoms with Crippen LogP contribution >= 0.6 is 11.6 Å². The van der Waals surface area contributed by atoms with E-state index in [-0.39, 0.29) is 12.6 Å². The van der Waals surface area contributed by atoms with E-state index in [0.29, 0.717) is 40.4 Å². The summed E-state index contributed by atoms with van der Waals surface area (Å²) in [4.78, 5) is 0. The first-order valence-corrected chi connectivity index (χ1v) is 8.90. The maximum atomic E-state index is 9.98. The number of rotatable bonds is 4. The molecule has 2 aromatic heterocycles. The van der Waals surface area contributed by atoms with Crippen molar-refractivity contribution in [2.75, 3.05) is 0 Å². The summed E-state index contributed by atoms with van der Waals surface area (Å²) in [6, 6.07) is 7.49. The van der Waals surface area contributed by atoms with Crippen molar-refractivity contribution < 1.29 is 14.7 Å². The molecule has 1 saturated carbocycles. The van der Waals surface area contributed by atoms with Gasteiger partial charge >= 0.3 is 0 Å². The number of benzene rings is 1. The van der Waals surface area contributed by atoms with Crippen LogP contribution in [0.15, 0.2) is 35.0 Å². The minimum Gasteiger partial charge on any atom is -0.391 e. The van der Waals surface area contributed by atoms with Crippen LogP contribution < -0.4 is 0 Å². The highest BCUT2D eigenvalue weighted by atomic mass is 35.5. The fourth-order valence-electron chi connectivity index (χ4n) is 3.68. The van der Waals surface area contributed by atoms with E-state index >= 15 is 0 Å². The summed E-state index contributed by atoms with van der Waals surface area (Å²) in [5.41, 5.74) is 2.91. The van der Waals surface area contributed by atoms with Crippen LogP contribution in [0.1, 0.15) is 37.1 Å². The summed E-state index contributed by atoms with van der Waals surface area (Å²) < 4.78 is 7.49. The Morgan fingerprint density at radius 2 is 2.04 bits per heavy atom. The van der Waals surface area contributed by atoms with Crippen LogP contribution in [0.4, 0.5) is 0 Å². The molecule has 4 rings (SSSR count).